The van der Waals surface area contributed by atoms with Gasteiger partial charge in [-0.25, -0.2) is 0 Å². The Morgan fingerprint density at radius 2 is 2.37 bits per heavy atom. The minimum atomic E-state index is -0.125. The molecule has 2 rings (SSSR count). The highest BCUT2D eigenvalue weighted by atomic mass is 79.9. The predicted molar refractivity (Wildman–Crippen MR) is 81.8 cm³/mol. The van der Waals surface area contributed by atoms with Crippen molar-refractivity contribution in [2.45, 2.75) is 13.0 Å². The van der Waals surface area contributed by atoms with Gasteiger partial charge < -0.3 is 5.32 Å². The topological polar surface area (TPSA) is 42.0 Å². The molecule has 98 valence electrons. The molecular formula is C14H13BrN2OS. The second-order valence-electron chi connectivity index (χ2n) is 4.00. The standard InChI is InChI=1S/C14H13BrN2OS/c1-10(12-4-2-3-7-16-12)17-14(18)6-5-11-8-13(15)19-9-11/h2-10H,1H3,(H,17,18)/b6-5+/t10-/m0/s1. The number of carbonyl (C=O) groups excluding carboxylic acids is 1. The van der Waals surface area contributed by atoms with Gasteiger partial charge in [0, 0.05) is 12.3 Å². The Kier molecular flexibility index (Phi) is 4.87. The summed E-state index contributed by atoms with van der Waals surface area (Å²) in [5, 5.41) is 4.86. The van der Waals surface area contributed by atoms with Crippen LogP contribution in [0.25, 0.3) is 6.08 Å². The molecule has 2 aromatic rings. The van der Waals surface area contributed by atoms with Gasteiger partial charge in [-0.3, -0.25) is 9.78 Å². The van der Waals surface area contributed by atoms with Crippen LogP contribution in [0.15, 0.2) is 45.7 Å². The van der Waals surface area contributed by atoms with E-state index in [9.17, 15) is 4.79 Å². The van der Waals surface area contributed by atoms with Gasteiger partial charge in [-0.2, -0.15) is 0 Å². The Balaban J connectivity index is 1.93. The third kappa shape index (κ3) is 4.29. The number of hydrogen-bond donors (Lipinski definition) is 1. The summed E-state index contributed by atoms with van der Waals surface area (Å²) in [6, 6.07) is 7.52. The van der Waals surface area contributed by atoms with E-state index in [1.165, 1.54) is 6.08 Å². The number of thiophene rings is 1. The average Bonchev–Trinajstić information content (AvgIpc) is 2.83. The molecule has 0 aliphatic heterocycles. The van der Waals surface area contributed by atoms with Crippen molar-refractivity contribution in [2.24, 2.45) is 0 Å². The number of amides is 1. The van der Waals surface area contributed by atoms with E-state index in [1.807, 2.05) is 36.6 Å². The molecule has 5 heteroatoms. The largest absolute Gasteiger partial charge is 0.344 e. The monoisotopic (exact) mass is 336 g/mol. The van der Waals surface area contributed by atoms with Gasteiger partial charge in [-0.05, 0) is 58.1 Å². The normalized spacial score (nSPS) is 12.5. The van der Waals surface area contributed by atoms with Gasteiger partial charge in [0.25, 0.3) is 0 Å². The Morgan fingerprint density at radius 3 is 3.00 bits per heavy atom. The second kappa shape index (κ2) is 6.63. The molecule has 2 heterocycles. The average molecular weight is 337 g/mol. The van der Waals surface area contributed by atoms with Crippen LogP contribution in [0.5, 0.6) is 0 Å². The first-order valence-electron chi connectivity index (χ1n) is 5.78. The molecule has 19 heavy (non-hydrogen) atoms. The number of pyridine rings is 1. The molecule has 0 spiro atoms. The van der Waals surface area contributed by atoms with Crippen molar-refractivity contribution in [1.29, 1.82) is 0 Å². The van der Waals surface area contributed by atoms with Gasteiger partial charge >= 0.3 is 0 Å². The summed E-state index contributed by atoms with van der Waals surface area (Å²) in [7, 11) is 0. The highest BCUT2D eigenvalue weighted by Gasteiger charge is 2.07. The molecule has 3 nitrogen and oxygen atoms in total. The van der Waals surface area contributed by atoms with Crippen molar-refractivity contribution in [3.63, 3.8) is 0 Å². The summed E-state index contributed by atoms with van der Waals surface area (Å²) in [6.07, 6.45) is 5.05. The fourth-order valence-corrected chi connectivity index (χ4v) is 2.69. The molecular weight excluding hydrogens is 324 g/mol. The first-order valence-corrected chi connectivity index (χ1v) is 7.46. The van der Waals surface area contributed by atoms with E-state index in [-0.39, 0.29) is 11.9 Å². The van der Waals surface area contributed by atoms with E-state index in [0.29, 0.717) is 0 Å². The number of aromatic nitrogens is 1. The predicted octanol–water partition coefficient (Wildman–Crippen LogP) is 3.80. The molecule has 0 aliphatic rings. The lowest BCUT2D eigenvalue weighted by atomic mass is 10.2. The van der Waals surface area contributed by atoms with E-state index in [0.717, 1.165) is 15.0 Å². The van der Waals surface area contributed by atoms with Crippen LogP contribution in [-0.2, 0) is 4.79 Å². The molecule has 1 atom stereocenters. The summed E-state index contributed by atoms with van der Waals surface area (Å²) in [6.45, 7) is 1.91. The number of nitrogens with one attached hydrogen (secondary N) is 1. The molecule has 2 aromatic heterocycles. The number of hydrogen-bond acceptors (Lipinski definition) is 3. The Bertz CT molecular complexity index is 580. The summed E-state index contributed by atoms with van der Waals surface area (Å²) >= 11 is 4.98. The van der Waals surface area contributed by atoms with E-state index in [1.54, 1.807) is 23.6 Å². The Morgan fingerprint density at radius 1 is 1.53 bits per heavy atom. The lowest BCUT2D eigenvalue weighted by Gasteiger charge is -2.11. The highest BCUT2D eigenvalue weighted by Crippen LogP contribution is 2.21. The maximum atomic E-state index is 11.8. The van der Waals surface area contributed by atoms with Gasteiger partial charge in [0.2, 0.25) is 5.91 Å². The summed E-state index contributed by atoms with van der Waals surface area (Å²) in [4.78, 5) is 16.0. The van der Waals surface area contributed by atoms with Gasteiger partial charge in [-0.15, -0.1) is 11.3 Å². The van der Waals surface area contributed by atoms with Gasteiger partial charge in [-0.1, -0.05) is 6.07 Å². The van der Waals surface area contributed by atoms with E-state index in [2.05, 4.69) is 26.2 Å². The van der Waals surface area contributed by atoms with Crippen LogP contribution in [0.2, 0.25) is 0 Å². The van der Waals surface area contributed by atoms with Crippen LogP contribution in [0.1, 0.15) is 24.2 Å². The molecule has 1 amide bonds. The number of nitrogens with zero attached hydrogens (tertiary/aromatic N) is 1. The van der Waals surface area contributed by atoms with E-state index in [4.69, 9.17) is 0 Å². The van der Waals surface area contributed by atoms with Crippen LogP contribution >= 0.6 is 27.3 Å². The van der Waals surface area contributed by atoms with Crippen LogP contribution in [0.4, 0.5) is 0 Å². The third-order valence-corrected chi connectivity index (χ3v) is 4.03. The van der Waals surface area contributed by atoms with Crippen molar-refractivity contribution in [3.05, 3.63) is 57.0 Å². The van der Waals surface area contributed by atoms with E-state index >= 15 is 0 Å². The quantitative estimate of drug-likeness (QED) is 0.863. The van der Waals surface area contributed by atoms with Crippen molar-refractivity contribution >= 4 is 39.2 Å². The first-order chi connectivity index (χ1) is 9.15. The zero-order chi connectivity index (χ0) is 13.7. The molecule has 1 N–H and O–H groups in total. The molecule has 0 aliphatic carbocycles. The number of carbonyl (C=O) groups is 1. The van der Waals surface area contributed by atoms with Gasteiger partial charge in [0.1, 0.15) is 0 Å². The van der Waals surface area contributed by atoms with Gasteiger partial charge in [0.15, 0.2) is 0 Å². The maximum Gasteiger partial charge on any atom is 0.244 e. The summed E-state index contributed by atoms with van der Waals surface area (Å²) < 4.78 is 1.05. The SMILES string of the molecule is C[C@H](NC(=O)/C=C/c1csc(Br)c1)c1ccccn1. The first kappa shape index (κ1) is 14.0. The van der Waals surface area contributed by atoms with Crippen LogP contribution in [0, 0.1) is 0 Å². The zero-order valence-electron chi connectivity index (χ0n) is 10.3. The molecule has 0 aromatic carbocycles. The minimum absolute atomic E-state index is 0.104. The smallest absolute Gasteiger partial charge is 0.244 e. The number of rotatable bonds is 4. The fourth-order valence-electron chi connectivity index (χ4n) is 1.55. The third-order valence-electron chi connectivity index (χ3n) is 2.51. The van der Waals surface area contributed by atoms with Crippen molar-refractivity contribution in [1.82, 2.24) is 10.3 Å². The fraction of sp³-hybridized carbons (Fsp3) is 0.143. The maximum absolute atomic E-state index is 11.8. The minimum Gasteiger partial charge on any atom is -0.344 e. The van der Waals surface area contributed by atoms with Crippen LogP contribution in [-0.4, -0.2) is 10.9 Å². The molecule has 0 saturated carbocycles. The molecule has 0 saturated heterocycles. The molecule has 0 radical (unpaired) electrons. The van der Waals surface area contributed by atoms with Crippen molar-refractivity contribution in [2.75, 3.05) is 0 Å². The van der Waals surface area contributed by atoms with Crippen molar-refractivity contribution < 1.29 is 4.79 Å². The van der Waals surface area contributed by atoms with Gasteiger partial charge in [0.05, 0.1) is 15.5 Å². The van der Waals surface area contributed by atoms with Crippen molar-refractivity contribution in [3.8, 4) is 0 Å². The van der Waals surface area contributed by atoms with Crippen LogP contribution < -0.4 is 5.32 Å². The lowest BCUT2D eigenvalue weighted by molar-refractivity contribution is -0.117. The van der Waals surface area contributed by atoms with Crippen LogP contribution in [0.3, 0.4) is 0 Å². The lowest BCUT2D eigenvalue weighted by Crippen LogP contribution is -2.25. The van der Waals surface area contributed by atoms with E-state index < -0.39 is 0 Å². The molecule has 0 bridgehead atoms. The summed E-state index contributed by atoms with van der Waals surface area (Å²) in [5.74, 6) is -0.125. The number of halogens is 1. The molecule has 0 fully saturated rings. The second-order valence-corrected chi connectivity index (χ2v) is 6.29. The molecule has 0 unspecified atom stereocenters. The Labute approximate surface area is 124 Å². The Hall–Kier alpha value is -1.46. The highest BCUT2D eigenvalue weighted by molar-refractivity contribution is 9.11. The summed E-state index contributed by atoms with van der Waals surface area (Å²) in [5.41, 5.74) is 1.86. The zero-order valence-corrected chi connectivity index (χ0v) is 12.7.